The zero-order chi connectivity index (χ0) is 21.8. The van der Waals surface area contributed by atoms with Crippen LogP contribution in [-0.4, -0.2) is 57.2 Å². The molecule has 0 aromatic heterocycles. The molecule has 0 fully saturated rings. The summed E-state index contributed by atoms with van der Waals surface area (Å²) in [6.45, 7) is 4.64. The average molecular weight is 411 g/mol. The van der Waals surface area contributed by atoms with E-state index in [4.69, 9.17) is 9.47 Å². The molecule has 0 radical (unpaired) electrons. The zero-order valence-corrected chi connectivity index (χ0v) is 18.3. The van der Waals surface area contributed by atoms with Crippen LogP contribution in [0.15, 0.2) is 42.5 Å². The van der Waals surface area contributed by atoms with Gasteiger partial charge in [0.25, 0.3) is 5.91 Å². The summed E-state index contributed by atoms with van der Waals surface area (Å²) < 4.78 is 10.9. The van der Waals surface area contributed by atoms with Crippen LogP contribution >= 0.6 is 0 Å². The Balaban J connectivity index is 2.11. The Kier molecular flexibility index (Phi) is 6.77. The maximum Gasteiger partial charge on any atom is 0.303 e. The third kappa shape index (κ3) is 4.65. The second kappa shape index (κ2) is 9.30. The van der Waals surface area contributed by atoms with E-state index in [1.807, 2.05) is 55.4 Å². The molecule has 30 heavy (non-hydrogen) atoms. The number of carbonyl (C=O) groups is 2. The Labute approximate surface area is 178 Å². The minimum absolute atomic E-state index is 0.183. The smallest absolute Gasteiger partial charge is 0.303 e. The van der Waals surface area contributed by atoms with Gasteiger partial charge in [0.1, 0.15) is 5.75 Å². The van der Waals surface area contributed by atoms with Crippen molar-refractivity contribution in [2.45, 2.75) is 32.3 Å². The van der Waals surface area contributed by atoms with Crippen molar-refractivity contribution in [1.29, 1.82) is 0 Å². The van der Waals surface area contributed by atoms with Gasteiger partial charge < -0.3 is 19.3 Å². The fourth-order valence-corrected chi connectivity index (χ4v) is 3.96. The zero-order valence-electron chi connectivity index (χ0n) is 18.3. The number of aryl methyl sites for hydroxylation is 1. The number of fused-ring (bicyclic) bond motifs is 1. The van der Waals surface area contributed by atoms with Crippen molar-refractivity contribution in [2.24, 2.45) is 0 Å². The van der Waals surface area contributed by atoms with Crippen molar-refractivity contribution in [3.05, 3.63) is 59.2 Å². The van der Waals surface area contributed by atoms with Crippen LogP contribution in [0, 0.1) is 6.92 Å². The number of hydrogen-bond donors (Lipinski definition) is 0. The first-order valence-corrected chi connectivity index (χ1v) is 10.2. The van der Waals surface area contributed by atoms with Gasteiger partial charge in [-0.1, -0.05) is 24.3 Å². The standard InChI is InChI=1S/C24H30N2O4/c1-16-7-6-8-22-20(16)15-21(18-9-11-19(29-5)12-10-18)23(30-17(2)27)24(28)26(22)14-13-25(3)4/h6-12,21,23H,13-15H2,1-5H3/t21-,23+/m1/s1. The lowest BCUT2D eigenvalue weighted by molar-refractivity contribution is -0.154. The monoisotopic (exact) mass is 410 g/mol. The van der Waals surface area contributed by atoms with Crippen LogP contribution in [0.5, 0.6) is 5.75 Å². The summed E-state index contributed by atoms with van der Waals surface area (Å²) >= 11 is 0. The molecule has 0 saturated carbocycles. The molecule has 6 heteroatoms. The normalized spacial score (nSPS) is 18.7. The number of rotatable bonds is 6. The molecule has 2 aromatic carbocycles. The third-order valence-corrected chi connectivity index (χ3v) is 5.58. The number of esters is 1. The lowest BCUT2D eigenvalue weighted by atomic mass is 9.86. The van der Waals surface area contributed by atoms with Gasteiger partial charge >= 0.3 is 5.97 Å². The molecule has 0 spiro atoms. The van der Waals surface area contributed by atoms with E-state index < -0.39 is 12.1 Å². The maximum absolute atomic E-state index is 13.7. The summed E-state index contributed by atoms with van der Waals surface area (Å²) in [5.41, 5.74) is 4.08. The van der Waals surface area contributed by atoms with Crippen LogP contribution in [0.2, 0.25) is 0 Å². The van der Waals surface area contributed by atoms with Gasteiger partial charge in [0.05, 0.1) is 7.11 Å². The van der Waals surface area contributed by atoms with Crippen LogP contribution in [0.1, 0.15) is 29.5 Å². The van der Waals surface area contributed by atoms with Crippen LogP contribution < -0.4 is 9.64 Å². The fourth-order valence-electron chi connectivity index (χ4n) is 3.96. The first-order valence-electron chi connectivity index (χ1n) is 10.2. The van der Waals surface area contributed by atoms with Gasteiger partial charge in [-0.05, 0) is 62.3 Å². The number of benzene rings is 2. The van der Waals surface area contributed by atoms with Crippen molar-refractivity contribution in [2.75, 3.05) is 39.2 Å². The van der Waals surface area contributed by atoms with Crippen molar-refractivity contribution >= 4 is 17.6 Å². The van der Waals surface area contributed by atoms with E-state index in [0.717, 1.165) is 28.1 Å². The van der Waals surface area contributed by atoms with Gasteiger partial charge in [-0.15, -0.1) is 0 Å². The molecular formula is C24H30N2O4. The molecule has 3 rings (SSSR count). The van der Waals surface area contributed by atoms with Crippen molar-refractivity contribution in [3.63, 3.8) is 0 Å². The van der Waals surface area contributed by atoms with Gasteiger partial charge in [0.15, 0.2) is 6.10 Å². The number of hydrogen-bond acceptors (Lipinski definition) is 5. The van der Waals surface area contributed by atoms with Gasteiger partial charge in [0, 0.05) is 31.6 Å². The maximum atomic E-state index is 13.7. The summed E-state index contributed by atoms with van der Waals surface area (Å²) in [7, 11) is 5.57. The van der Waals surface area contributed by atoms with Gasteiger partial charge in [-0.2, -0.15) is 0 Å². The highest BCUT2D eigenvalue weighted by Crippen LogP contribution is 2.38. The predicted molar refractivity (Wildman–Crippen MR) is 117 cm³/mol. The Hall–Kier alpha value is -2.86. The number of carbonyl (C=O) groups excluding carboxylic acids is 2. The van der Waals surface area contributed by atoms with Crippen molar-refractivity contribution in [3.8, 4) is 5.75 Å². The average Bonchev–Trinajstić information content (AvgIpc) is 2.82. The molecule has 0 N–H and O–H groups in total. The highest BCUT2D eigenvalue weighted by Gasteiger charge is 2.40. The number of likely N-dealkylation sites (N-methyl/N-ethyl adjacent to an activating group) is 1. The molecule has 6 nitrogen and oxygen atoms in total. The fraction of sp³-hybridized carbons (Fsp3) is 0.417. The van der Waals surface area contributed by atoms with E-state index in [9.17, 15) is 9.59 Å². The second-order valence-corrected chi connectivity index (χ2v) is 7.98. The van der Waals surface area contributed by atoms with Gasteiger partial charge in [-0.3, -0.25) is 9.59 Å². The molecular weight excluding hydrogens is 380 g/mol. The SMILES string of the molecule is COc1ccc([C@H]2Cc3c(C)cccc3N(CCN(C)C)C(=O)[C@H]2OC(C)=O)cc1. The second-order valence-electron chi connectivity index (χ2n) is 7.98. The lowest BCUT2D eigenvalue weighted by Gasteiger charge is -2.29. The van der Waals surface area contributed by atoms with Crippen LogP contribution in [0.3, 0.4) is 0 Å². The van der Waals surface area contributed by atoms with E-state index in [1.54, 1.807) is 12.0 Å². The molecule has 2 aromatic rings. The number of nitrogens with zero attached hydrogens (tertiary/aromatic N) is 2. The minimum atomic E-state index is -0.884. The quantitative estimate of drug-likeness (QED) is 0.685. The predicted octanol–water partition coefficient (Wildman–Crippen LogP) is 3.17. The van der Waals surface area contributed by atoms with E-state index in [0.29, 0.717) is 19.5 Å². The van der Waals surface area contributed by atoms with Crippen LogP contribution in [0.25, 0.3) is 0 Å². The van der Waals surface area contributed by atoms with E-state index in [1.165, 1.54) is 6.92 Å². The number of amides is 1. The molecule has 160 valence electrons. The molecule has 1 amide bonds. The third-order valence-electron chi connectivity index (χ3n) is 5.58. The minimum Gasteiger partial charge on any atom is -0.497 e. The molecule has 1 aliphatic rings. The topological polar surface area (TPSA) is 59.1 Å². The Morgan fingerprint density at radius 3 is 2.47 bits per heavy atom. The number of methoxy groups -OCH3 is 1. The van der Waals surface area contributed by atoms with E-state index >= 15 is 0 Å². The Morgan fingerprint density at radius 1 is 1.17 bits per heavy atom. The largest absolute Gasteiger partial charge is 0.497 e. The molecule has 0 aliphatic carbocycles. The first-order chi connectivity index (χ1) is 14.3. The van der Waals surface area contributed by atoms with E-state index in [2.05, 4.69) is 13.0 Å². The van der Waals surface area contributed by atoms with Crippen molar-refractivity contribution in [1.82, 2.24) is 4.90 Å². The highest BCUT2D eigenvalue weighted by molar-refractivity contribution is 6.00. The summed E-state index contributed by atoms with van der Waals surface area (Å²) in [5.74, 6) is -0.178. The Bertz CT molecular complexity index is 908. The van der Waals surface area contributed by atoms with Gasteiger partial charge in [0.2, 0.25) is 0 Å². The summed E-state index contributed by atoms with van der Waals surface area (Å²) in [6, 6.07) is 13.7. The van der Waals surface area contributed by atoms with E-state index in [-0.39, 0.29) is 11.8 Å². The summed E-state index contributed by atoms with van der Waals surface area (Å²) in [6.07, 6.45) is -0.277. The molecule has 0 bridgehead atoms. The molecule has 2 atom stereocenters. The Morgan fingerprint density at radius 2 is 1.87 bits per heavy atom. The van der Waals surface area contributed by atoms with Gasteiger partial charge in [-0.25, -0.2) is 0 Å². The number of ether oxygens (including phenoxy) is 2. The molecule has 1 heterocycles. The first kappa shape index (κ1) is 21.8. The molecule has 0 unspecified atom stereocenters. The molecule has 1 aliphatic heterocycles. The number of anilines is 1. The molecule has 0 saturated heterocycles. The summed E-state index contributed by atoms with van der Waals surface area (Å²) in [5, 5.41) is 0. The highest BCUT2D eigenvalue weighted by atomic mass is 16.5. The van der Waals surface area contributed by atoms with Crippen LogP contribution in [-0.2, 0) is 20.7 Å². The lowest BCUT2D eigenvalue weighted by Crippen LogP contribution is -2.45. The van der Waals surface area contributed by atoms with Crippen LogP contribution in [0.4, 0.5) is 5.69 Å². The van der Waals surface area contributed by atoms with Crippen molar-refractivity contribution < 1.29 is 19.1 Å². The summed E-state index contributed by atoms with van der Waals surface area (Å²) in [4.78, 5) is 29.4.